The Labute approximate surface area is 173 Å². The Bertz CT molecular complexity index is 452. The Hall–Kier alpha value is -1.44. The van der Waals surface area contributed by atoms with Gasteiger partial charge in [0.2, 0.25) is 5.91 Å². The second-order valence-electron chi connectivity index (χ2n) is 7.80. The van der Waals surface area contributed by atoms with Gasteiger partial charge in [0.1, 0.15) is 5.60 Å². The summed E-state index contributed by atoms with van der Waals surface area (Å²) in [5, 5.41) is 14.1. The summed E-state index contributed by atoms with van der Waals surface area (Å²) >= 11 is 1.49. The summed E-state index contributed by atoms with van der Waals surface area (Å²) in [5.74, 6) is 0.379. The number of unbranched alkanes of at least 4 members (excludes halogenated alkanes) is 7. The molecule has 0 saturated heterocycles. The van der Waals surface area contributed by atoms with E-state index in [0.717, 1.165) is 44.9 Å². The van der Waals surface area contributed by atoms with Crippen LogP contribution in [0.2, 0.25) is 0 Å². The van der Waals surface area contributed by atoms with Crippen molar-refractivity contribution in [1.82, 2.24) is 10.6 Å². The third-order valence-corrected chi connectivity index (χ3v) is 4.75. The van der Waals surface area contributed by atoms with Gasteiger partial charge in [-0.3, -0.25) is 9.59 Å². The summed E-state index contributed by atoms with van der Waals surface area (Å²) in [4.78, 5) is 33.6. The summed E-state index contributed by atoms with van der Waals surface area (Å²) in [6, 6.07) is 0. The number of nitrogens with one attached hydrogen (secondary N) is 2. The molecule has 0 aromatic carbocycles. The van der Waals surface area contributed by atoms with Gasteiger partial charge < -0.3 is 20.5 Å². The van der Waals surface area contributed by atoms with E-state index in [0.29, 0.717) is 24.6 Å². The number of thioether (sulfide) groups is 1. The molecule has 0 unspecified atom stereocenters. The van der Waals surface area contributed by atoms with Crippen LogP contribution in [-0.4, -0.2) is 53.3 Å². The van der Waals surface area contributed by atoms with Crippen LogP contribution in [0, 0.1) is 0 Å². The number of hydrogen-bond acceptors (Lipinski definition) is 5. The first-order valence-corrected chi connectivity index (χ1v) is 11.4. The molecule has 0 aromatic rings. The van der Waals surface area contributed by atoms with E-state index in [-0.39, 0.29) is 12.3 Å². The number of ether oxygens (including phenoxy) is 1. The molecule has 0 spiro atoms. The first kappa shape index (κ1) is 26.6. The molecule has 0 atom stereocenters. The highest BCUT2D eigenvalue weighted by Gasteiger charge is 2.15. The van der Waals surface area contributed by atoms with Crippen LogP contribution < -0.4 is 10.6 Å². The van der Waals surface area contributed by atoms with Crippen molar-refractivity contribution < 1.29 is 24.2 Å². The van der Waals surface area contributed by atoms with E-state index in [1.807, 2.05) is 20.8 Å². The minimum atomic E-state index is -0.710. The zero-order valence-corrected chi connectivity index (χ0v) is 18.5. The molecule has 2 amide bonds. The van der Waals surface area contributed by atoms with E-state index >= 15 is 0 Å². The summed E-state index contributed by atoms with van der Waals surface area (Å²) in [6.45, 7) is 6.63. The van der Waals surface area contributed by atoms with Gasteiger partial charge in [-0.1, -0.05) is 38.5 Å². The number of amides is 2. The molecule has 28 heavy (non-hydrogen) atoms. The summed E-state index contributed by atoms with van der Waals surface area (Å²) in [7, 11) is 0. The Morgan fingerprint density at radius 1 is 0.857 bits per heavy atom. The first-order valence-electron chi connectivity index (χ1n) is 10.2. The van der Waals surface area contributed by atoms with Crippen LogP contribution in [0.15, 0.2) is 0 Å². The Balaban J connectivity index is 3.34. The van der Waals surface area contributed by atoms with Gasteiger partial charge in [0, 0.05) is 25.3 Å². The van der Waals surface area contributed by atoms with E-state index in [4.69, 9.17) is 9.84 Å². The molecule has 0 aliphatic heterocycles. The molecular weight excluding hydrogens is 380 g/mol. The number of hydrogen-bond donors (Lipinski definition) is 3. The van der Waals surface area contributed by atoms with Crippen LogP contribution in [0.4, 0.5) is 4.79 Å². The Kier molecular flexibility index (Phi) is 15.7. The van der Waals surface area contributed by atoms with Crippen molar-refractivity contribution in [3.8, 4) is 0 Å². The summed E-state index contributed by atoms with van der Waals surface area (Å²) in [6.07, 6.45) is 8.27. The fourth-order valence-electron chi connectivity index (χ4n) is 2.45. The van der Waals surface area contributed by atoms with E-state index in [2.05, 4.69) is 10.6 Å². The van der Waals surface area contributed by atoms with Crippen molar-refractivity contribution in [2.75, 3.05) is 24.6 Å². The lowest BCUT2D eigenvalue weighted by atomic mass is 10.1. The molecule has 0 radical (unpaired) electrons. The van der Waals surface area contributed by atoms with Gasteiger partial charge in [-0.2, -0.15) is 11.8 Å². The van der Waals surface area contributed by atoms with Gasteiger partial charge in [-0.25, -0.2) is 4.79 Å². The van der Waals surface area contributed by atoms with Crippen LogP contribution in [0.3, 0.4) is 0 Å². The highest BCUT2D eigenvalue weighted by Crippen LogP contribution is 2.09. The number of rotatable bonds is 16. The SMILES string of the molecule is CC(C)(C)OC(=O)NCCSCC(=O)NCCCCCCCCCCC(=O)O. The number of carboxylic acids is 1. The largest absolute Gasteiger partial charge is 0.481 e. The molecule has 0 aliphatic carbocycles. The van der Waals surface area contributed by atoms with Gasteiger partial charge in [0.25, 0.3) is 0 Å². The normalized spacial score (nSPS) is 11.1. The molecule has 8 heteroatoms. The molecule has 164 valence electrons. The van der Waals surface area contributed by atoms with Crippen LogP contribution in [0.5, 0.6) is 0 Å². The van der Waals surface area contributed by atoms with Gasteiger partial charge in [-0.15, -0.1) is 0 Å². The Morgan fingerprint density at radius 3 is 2.00 bits per heavy atom. The maximum absolute atomic E-state index is 11.7. The average Bonchev–Trinajstić information content (AvgIpc) is 2.57. The molecule has 0 saturated carbocycles. The standard InChI is InChI=1S/C20H38N2O5S/c1-20(2,3)27-19(26)22-14-15-28-16-17(23)21-13-11-9-7-5-4-6-8-10-12-18(24)25/h4-16H2,1-3H3,(H,21,23)(H,22,26)(H,24,25). The van der Waals surface area contributed by atoms with Gasteiger partial charge in [-0.05, 0) is 33.6 Å². The fraction of sp³-hybridized carbons (Fsp3) is 0.850. The maximum atomic E-state index is 11.7. The summed E-state index contributed by atoms with van der Waals surface area (Å²) in [5.41, 5.74) is -0.501. The molecule has 0 aromatic heterocycles. The second-order valence-corrected chi connectivity index (χ2v) is 8.91. The number of carbonyl (C=O) groups excluding carboxylic acids is 2. The lowest BCUT2D eigenvalue weighted by Gasteiger charge is -2.19. The van der Waals surface area contributed by atoms with Crippen molar-refractivity contribution >= 4 is 29.7 Å². The zero-order chi connectivity index (χ0) is 21.3. The van der Waals surface area contributed by atoms with Crippen molar-refractivity contribution in [2.24, 2.45) is 0 Å². The smallest absolute Gasteiger partial charge is 0.407 e. The molecular formula is C20H38N2O5S. The van der Waals surface area contributed by atoms with Crippen molar-refractivity contribution in [2.45, 2.75) is 84.2 Å². The van der Waals surface area contributed by atoms with Gasteiger partial charge in [0.05, 0.1) is 5.75 Å². The van der Waals surface area contributed by atoms with E-state index < -0.39 is 17.7 Å². The number of alkyl carbamates (subject to hydrolysis) is 1. The zero-order valence-electron chi connectivity index (χ0n) is 17.7. The molecule has 0 aliphatic rings. The number of carbonyl (C=O) groups is 3. The highest BCUT2D eigenvalue weighted by molar-refractivity contribution is 7.99. The van der Waals surface area contributed by atoms with Crippen LogP contribution in [0.1, 0.15) is 78.6 Å². The average molecular weight is 419 g/mol. The molecule has 0 fully saturated rings. The third kappa shape index (κ3) is 20.9. The first-order chi connectivity index (χ1) is 13.2. The summed E-state index contributed by atoms with van der Waals surface area (Å²) < 4.78 is 5.13. The minimum Gasteiger partial charge on any atom is -0.481 e. The molecule has 0 heterocycles. The predicted molar refractivity (Wildman–Crippen MR) is 114 cm³/mol. The van der Waals surface area contributed by atoms with Crippen molar-refractivity contribution in [1.29, 1.82) is 0 Å². The monoisotopic (exact) mass is 418 g/mol. The number of carboxylic acid groups (broad SMARTS) is 1. The molecule has 0 bridgehead atoms. The second kappa shape index (κ2) is 16.5. The van der Waals surface area contributed by atoms with E-state index in [1.54, 1.807) is 0 Å². The van der Waals surface area contributed by atoms with Crippen LogP contribution >= 0.6 is 11.8 Å². The predicted octanol–water partition coefficient (Wildman–Crippen LogP) is 3.96. The lowest BCUT2D eigenvalue weighted by molar-refractivity contribution is -0.137. The van der Waals surface area contributed by atoms with Crippen LogP contribution in [0.25, 0.3) is 0 Å². The quantitative estimate of drug-likeness (QED) is 0.328. The Morgan fingerprint density at radius 2 is 1.43 bits per heavy atom. The highest BCUT2D eigenvalue weighted by atomic mass is 32.2. The molecule has 3 N–H and O–H groups in total. The van der Waals surface area contributed by atoms with E-state index in [9.17, 15) is 14.4 Å². The maximum Gasteiger partial charge on any atom is 0.407 e. The topological polar surface area (TPSA) is 105 Å². The van der Waals surface area contributed by atoms with Crippen LogP contribution in [-0.2, 0) is 14.3 Å². The van der Waals surface area contributed by atoms with Crippen molar-refractivity contribution in [3.05, 3.63) is 0 Å². The third-order valence-electron chi connectivity index (χ3n) is 3.79. The lowest BCUT2D eigenvalue weighted by Crippen LogP contribution is -2.34. The fourth-order valence-corrected chi connectivity index (χ4v) is 3.12. The van der Waals surface area contributed by atoms with Crippen molar-refractivity contribution in [3.63, 3.8) is 0 Å². The minimum absolute atomic E-state index is 0.0284. The molecule has 0 rings (SSSR count). The van der Waals surface area contributed by atoms with Gasteiger partial charge >= 0.3 is 12.1 Å². The van der Waals surface area contributed by atoms with Gasteiger partial charge in [0.15, 0.2) is 0 Å². The number of aliphatic carboxylic acids is 1. The molecule has 7 nitrogen and oxygen atoms in total. The van der Waals surface area contributed by atoms with E-state index in [1.165, 1.54) is 18.2 Å².